The van der Waals surface area contributed by atoms with E-state index in [0.717, 1.165) is 61.2 Å². The number of fused-ring (bicyclic) bond motifs is 1. The van der Waals surface area contributed by atoms with Gasteiger partial charge in [0.15, 0.2) is 0 Å². The Hall–Kier alpha value is -1.59. The van der Waals surface area contributed by atoms with Crippen LogP contribution in [0.1, 0.15) is 38.5 Å². The first-order valence-electron chi connectivity index (χ1n) is 8.39. The molecule has 1 atom stereocenters. The number of anilines is 1. The lowest BCUT2D eigenvalue weighted by Gasteiger charge is -2.21. The number of thiazole rings is 1. The molecule has 0 amide bonds. The summed E-state index contributed by atoms with van der Waals surface area (Å²) in [7, 11) is 0. The molecule has 23 heavy (non-hydrogen) atoms. The molecule has 1 saturated heterocycles. The molecule has 0 spiro atoms. The second-order valence-electron chi connectivity index (χ2n) is 5.79. The third kappa shape index (κ3) is 4.69. The van der Waals surface area contributed by atoms with Crippen molar-refractivity contribution in [3.63, 3.8) is 0 Å². The van der Waals surface area contributed by atoms with E-state index in [1.165, 1.54) is 6.42 Å². The fourth-order valence-electron chi connectivity index (χ4n) is 2.63. The van der Waals surface area contributed by atoms with Gasteiger partial charge in [-0.05, 0) is 50.3 Å². The van der Waals surface area contributed by atoms with Crippen LogP contribution in [-0.4, -0.2) is 24.4 Å². The number of aromatic nitrogens is 1. The third-order valence-corrected chi connectivity index (χ3v) is 4.81. The highest BCUT2D eigenvalue weighted by Gasteiger charge is 2.17. The highest BCUT2D eigenvalue weighted by molar-refractivity contribution is 7.20. The molecule has 1 N–H and O–H groups in total. The SMILES string of the molecule is C=CCCCCNc1ccc2nc(OC3CCCCO3)sc2c1. The maximum atomic E-state index is 5.86. The van der Waals surface area contributed by atoms with Crippen LogP contribution in [0.2, 0.25) is 0 Å². The number of allylic oxidation sites excluding steroid dienone is 1. The topological polar surface area (TPSA) is 43.4 Å². The number of benzene rings is 1. The normalized spacial score (nSPS) is 18.0. The third-order valence-electron chi connectivity index (χ3n) is 3.90. The lowest BCUT2D eigenvalue weighted by Crippen LogP contribution is -2.24. The maximum absolute atomic E-state index is 5.86. The van der Waals surface area contributed by atoms with Gasteiger partial charge in [-0.1, -0.05) is 17.4 Å². The Morgan fingerprint density at radius 3 is 3.17 bits per heavy atom. The van der Waals surface area contributed by atoms with Crippen LogP contribution in [0, 0.1) is 0 Å². The summed E-state index contributed by atoms with van der Waals surface area (Å²) in [4.78, 5) is 4.55. The van der Waals surface area contributed by atoms with Crippen LogP contribution in [0.3, 0.4) is 0 Å². The molecular formula is C18H24N2O2S. The van der Waals surface area contributed by atoms with Crippen LogP contribution in [0.5, 0.6) is 5.19 Å². The number of hydrogen-bond donors (Lipinski definition) is 1. The van der Waals surface area contributed by atoms with E-state index in [9.17, 15) is 0 Å². The standard InChI is InChI=1S/C18H24N2O2S/c1-2-3-4-6-11-19-14-9-10-15-16(13-14)23-18(20-15)22-17-8-5-7-12-21-17/h2,9-10,13,17,19H,1,3-8,11-12H2. The summed E-state index contributed by atoms with van der Waals surface area (Å²) in [5.74, 6) is 0. The summed E-state index contributed by atoms with van der Waals surface area (Å²) in [5.41, 5.74) is 2.12. The van der Waals surface area contributed by atoms with Crippen molar-refractivity contribution in [2.75, 3.05) is 18.5 Å². The van der Waals surface area contributed by atoms with E-state index < -0.39 is 0 Å². The van der Waals surface area contributed by atoms with Gasteiger partial charge in [0.05, 0.1) is 16.8 Å². The average Bonchev–Trinajstić information content (AvgIpc) is 2.97. The highest BCUT2D eigenvalue weighted by atomic mass is 32.1. The molecule has 3 rings (SSSR count). The van der Waals surface area contributed by atoms with Gasteiger partial charge in [0.2, 0.25) is 6.29 Å². The molecule has 5 heteroatoms. The van der Waals surface area contributed by atoms with Crippen molar-refractivity contribution >= 4 is 27.2 Å². The molecule has 1 aliphatic heterocycles. The van der Waals surface area contributed by atoms with E-state index in [1.807, 2.05) is 12.1 Å². The number of hydrogen-bond acceptors (Lipinski definition) is 5. The second kappa shape index (κ2) is 8.31. The first-order valence-corrected chi connectivity index (χ1v) is 9.20. The van der Waals surface area contributed by atoms with Crippen molar-refractivity contribution < 1.29 is 9.47 Å². The zero-order valence-electron chi connectivity index (χ0n) is 13.4. The predicted molar refractivity (Wildman–Crippen MR) is 96.4 cm³/mol. The monoisotopic (exact) mass is 332 g/mol. The average molecular weight is 332 g/mol. The summed E-state index contributed by atoms with van der Waals surface area (Å²) in [5, 5.41) is 4.17. The Balaban J connectivity index is 1.57. The van der Waals surface area contributed by atoms with E-state index in [2.05, 4.69) is 29.0 Å². The zero-order chi connectivity index (χ0) is 15.9. The molecule has 0 saturated carbocycles. The van der Waals surface area contributed by atoms with E-state index >= 15 is 0 Å². The summed E-state index contributed by atoms with van der Waals surface area (Å²) in [6.07, 6.45) is 8.50. The maximum Gasteiger partial charge on any atom is 0.276 e. The Bertz CT molecular complexity index is 635. The number of nitrogens with zero attached hydrogens (tertiary/aromatic N) is 1. The summed E-state index contributed by atoms with van der Waals surface area (Å²) >= 11 is 1.59. The predicted octanol–water partition coefficient (Wildman–Crippen LogP) is 4.97. The van der Waals surface area contributed by atoms with Gasteiger partial charge < -0.3 is 14.8 Å². The molecule has 124 valence electrons. The van der Waals surface area contributed by atoms with Crippen LogP contribution in [0.25, 0.3) is 10.2 Å². The molecule has 1 aromatic heterocycles. The van der Waals surface area contributed by atoms with Crippen LogP contribution >= 0.6 is 11.3 Å². The minimum atomic E-state index is -0.133. The van der Waals surface area contributed by atoms with Crippen molar-refractivity contribution in [1.29, 1.82) is 0 Å². The molecule has 1 unspecified atom stereocenters. The smallest absolute Gasteiger partial charge is 0.276 e. The number of rotatable bonds is 8. The molecule has 0 aliphatic carbocycles. The Kier molecular flexibility index (Phi) is 5.88. The van der Waals surface area contributed by atoms with E-state index in [4.69, 9.17) is 9.47 Å². The van der Waals surface area contributed by atoms with Gasteiger partial charge in [-0.25, -0.2) is 4.98 Å². The van der Waals surface area contributed by atoms with Crippen LogP contribution in [0.4, 0.5) is 5.69 Å². The van der Waals surface area contributed by atoms with Gasteiger partial charge in [-0.2, -0.15) is 0 Å². The minimum absolute atomic E-state index is 0.133. The molecule has 1 aromatic carbocycles. The molecule has 1 fully saturated rings. The van der Waals surface area contributed by atoms with Gasteiger partial charge in [0.25, 0.3) is 5.19 Å². The highest BCUT2D eigenvalue weighted by Crippen LogP contribution is 2.31. The molecule has 2 aromatic rings. The summed E-state index contributed by atoms with van der Waals surface area (Å²) < 4.78 is 12.6. The molecule has 2 heterocycles. The van der Waals surface area contributed by atoms with Crippen LogP contribution in [-0.2, 0) is 4.74 Å². The van der Waals surface area contributed by atoms with Crippen molar-refractivity contribution in [2.24, 2.45) is 0 Å². The van der Waals surface area contributed by atoms with Gasteiger partial charge in [-0.15, -0.1) is 6.58 Å². The quantitative estimate of drug-likeness (QED) is 0.547. The van der Waals surface area contributed by atoms with E-state index in [0.29, 0.717) is 5.19 Å². The molecule has 1 aliphatic rings. The Morgan fingerprint density at radius 1 is 1.39 bits per heavy atom. The molecular weight excluding hydrogens is 308 g/mol. The number of unbranched alkanes of at least 4 members (excludes halogenated alkanes) is 2. The fraction of sp³-hybridized carbons (Fsp3) is 0.500. The first-order chi connectivity index (χ1) is 11.3. The Morgan fingerprint density at radius 2 is 2.35 bits per heavy atom. The van der Waals surface area contributed by atoms with Gasteiger partial charge in [0, 0.05) is 18.7 Å². The van der Waals surface area contributed by atoms with E-state index in [1.54, 1.807) is 11.3 Å². The minimum Gasteiger partial charge on any atom is -0.440 e. The fourth-order valence-corrected chi connectivity index (χ4v) is 3.52. The Labute approximate surface area is 141 Å². The summed E-state index contributed by atoms with van der Waals surface area (Å²) in [6.45, 7) is 5.52. The lowest BCUT2D eigenvalue weighted by molar-refractivity contribution is -0.105. The van der Waals surface area contributed by atoms with Crippen LogP contribution in [0.15, 0.2) is 30.9 Å². The van der Waals surface area contributed by atoms with Gasteiger partial charge in [-0.3, -0.25) is 0 Å². The summed E-state index contributed by atoms with van der Waals surface area (Å²) in [6, 6.07) is 6.28. The van der Waals surface area contributed by atoms with Crippen molar-refractivity contribution in [1.82, 2.24) is 4.98 Å². The van der Waals surface area contributed by atoms with Crippen molar-refractivity contribution in [3.05, 3.63) is 30.9 Å². The van der Waals surface area contributed by atoms with Crippen molar-refractivity contribution in [3.8, 4) is 5.19 Å². The zero-order valence-corrected chi connectivity index (χ0v) is 14.2. The second-order valence-corrected chi connectivity index (χ2v) is 6.78. The first kappa shape index (κ1) is 16.3. The van der Waals surface area contributed by atoms with Gasteiger partial charge in [0.1, 0.15) is 0 Å². The molecule has 4 nitrogen and oxygen atoms in total. The number of ether oxygens (including phenoxy) is 2. The van der Waals surface area contributed by atoms with Crippen LogP contribution < -0.4 is 10.1 Å². The molecule has 0 radical (unpaired) electrons. The van der Waals surface area contributed by atoms with Gasteiger partial charge >= 0.3 is 0 Å². The molecule has 0 bridgehead atoms. The largest absolute Gasteiger partial charge is 0.440 e. The number of nitrogens with one attached hydrogen (secondary N) is 1. The lowest BCUT2D eigenvalue weighted by atomic mass is 10.2. The van der Waals surface area contributed by atoms with E-state index in [-0.39, 0.29) is 6.29 Å². The van der Waals surface area contributed by atoms with Crippen molar-refractivity contribution in [2.45, 2.75) is 44.8 Å².